The standard InChI is InChI=1S/C21H25ClO5/c22-15-7-5-6-14(12-15)18(23)11-10-17-16(19(24)13-20(17)25)8-3-1-2-4-9-21(26)27/h5-7,10-12,16-17,20,25H,1-4,8-9,13H2,(H,26,27)/b11-10+. The molecule has 6 heteroatoms. The molecule has 3 atom stereocenters. The van der Waals surface area contributed by atoms with Gasteiger partial charge < -0.3 is 10.2 Å². The lowest BCUT2D eigenvalue weighted by Crippen LogP contribution is -2.19. The summed E-state index contributed by atoms with van der Waals surface area (Å²) in [5.41, 5.74) is 0.465. The second-order valence-corrected chi connectivity index (χ2v) is 7.44. The number of aliphatic hydroxyl groups is 1. The third-order valence-corrected chi connectivity index (χ3v) is 5.20. The first-order valence-corrected chi connectivity index (χ1v) is 9.67. The summed E-state index contributed by atoms with van der Waals surface area (Å²) in [5, 5.41) is 19.3. The number of allylic oxidation sites excluding steroid dienone is 1. The molecule has 27 heavy (non-hydrogen) atoms. The number of aliphatic carboxylic acids is 1. The molecule has 1 fully saturated rings. The van der Waals surface area contributed by atoms with E-state index in [4.69, 9.17) is 16.7 Å². The van der Waals surface area contributed by atoms with E-state index in [2.05, 4.69) is 0 Å². The van der Waals surface area contributed by atoms with Crippen molar-refractivity contribution in [3.8, 4) is 0 Å². The minimum Gasteiger partial charge on any atom is -0.481 e. The first kappa shape index (κ1) is 21.3. The molecule has 0 spiro atoms. The molecular weight excluding hydrogens is 368 g/mol. The van der Waals surface area contributed by atoms with Gasteiger partial charge in [0.2, 0.25) is 0 Å². The molecule has 1 aliphatic carbocycles. The summed E-state index contributed by atoms with van der Waals surface area (Å²) in [7, 11) is 0. The van der Waals surface area contributed by atoms with E-state index in [0.717, 1.165) is 19.3 Å². The van der Waals surface area contributed by atoms with E-state index in [1.807, 2.05) is 0 Å². The molecule has 0 aromatic heterocycles. The fourth-order valence-electron chi connectivity index (χ4n) is 3.52. The quantitative estimate of drug-likeness (QED) is 0.355. The molecule has 0 amide bonds. The summed E-state index contributed by atoms with van der Waals surface area (Å²) in [6.07, 6.45) is 6.31. The highest BCUT2D eigenvalue weighted by atomic mass is 35.5. The zero-order valence-electron chi connectivity index (χ0n) is 15.1. The highest BCUT2D eigenvalue weighted by Gasteiger charge is 2.39. The first-order valence-electron chi connectivity index (χ1n) is 9.29. The summed E-state index contributed by atoms with van der Waals surface area (Å²) < 4.78 is 0. The van der Waals surface area contributed by atoms with Gasteiger partial charge in [-0.25, -0.2) is 0 Å². The van der Waals surface area contributed by atoms with Crippen molar-refractivity contribution in [2.75, 3.05) is 0 Å². The predicted octanol–water partition coefficient (Wildman–Crippen LogP) is 4.07. The van der Waals surface area contributed by atoms with Crippen molar-refractivity contribution in [1.82, 2.24) is 0 Å². The Morgan fingerprint density at radius 1 is 1.19 bits per heavy atom. The van der Waals surface area contributed by atoms with Crippen LogP contribution in [-0.2, 0) is 9.59 Å². The molecule has 0 saturated heterocycles. The number of unbranched alkanes of at least 4 members (excludes halogenated alkanes) is 3. The fourth-order valence-corrected chi connectivity index (χ4v) is 3.71. The first-order chi connectivity index (χ1) is 12.9. The van der Waals surface area contributed by atoms with Crippen LogP contribution in [0.4, 0.5) is 0 Å². The maximum absolute atomic E-state index is 12.3. The van der Waals surface area contributed by atoms with Gasteiger partial charge >= 0.3 is 5.97 Å². The average molecular weight is 393 g/mol. The summed E-state index contributed by atoms with van der Waals surface area (Å²) >= 11 is 5.90. The molecule has 3 unspecified atom stereocenters. The van der Waals surface area contributed by atoms with Crippen molar-refractivity contribution in [3.63, 3.8) is 0 Å². The predicted molar refractivity (Wildman–Crippen MR) is 103 cm³/mol. The molecule has 1 aliphatic rings. The molecule has 0 bridgehead atoms. The Morgan fingerprint density at radius 2 is 1.93 bits per heavy atom. The van der Waals surface area contributed by atoms with Crippen molar-refractivity contribution in [1.29, 1.82) is 0 Å². The molecule has 0 radical (unpaired) electrons. The molecule has 2 N–H and O–H groups in total. The van der Waals surface area contributed by atoms with Crippen molar-refractivity contribution in [3.05, 3.63) is 47.0 Å². The third-order valence-electron chi connectivity index (χ3n) is 4.97. The smallest absolute Gasteiger partial charge is 0.303 e. The second kappa shape index (κ2) is 10.4. The number of carboxylic acids is 1. The number of Topliss-reactive ketones (excluding diaryl/α,β-unsaturated/α-hetero) is 1. The lowest BCUT2D eigenvalue weighted by Gasteiger charge is -2.17. The van der Waals surface area contributed by atoms with Gasteiger partial charge in [-0.05, 0) is 31.1 Å². The molecule has 1 aromatic rings. The number of hydrogen-bond donors (Lipinski definition) is 2. The SMILES string of the molecule is O=C(O)CCCCCCC1C(=O)CC(O)C1/C=C/C(=O)c1cccc(Cl)c1. The summed E-state index contributed by atoms with van der Waals surface area (Å²) in [6, 6.07) is 6.64. The Bertz CT molecular complexity index is 712. The summed E-state index contributed by atoms with van der Waals surface area (Å²) in [5.74, 6) is -1.63. The lowest BCUT2D eigenvalue weighted by atomic mass is 9.88. The monoisotopic (exact) mass is 392 g/mol. The Morgan fingerprint density at radius 3 is 2.63 bits per heavy atom. The third kappa shape index (κ3) is 6.60. The highest BCUT2D eigenvalue weighted by molar-refractivity contribution is 6.31. The second-order valence-electron chi connectivity index (χ2n) is 7.00. The van der Waals surface area contributed by atoms with Gasteiger partial charge in [-0.15, -0.1) is 0 Å². The number of rotatable bonds is 10. The van der Waals surface area contributed by atoms with E-state index in [1.54, 1.807) is 30.3 Å². The number of halogens is 1. The van der Waals surface area contributed by atoms with Crippen LogP contribution in [0, 0.1) is 11.8 Å². The number of aliphatic hydroxyl groups excluding tert-OH is 1. The van der Waals surface area contributed by atoms with E-state index in [-0.39, 0.29) is 36.2 Å². The minimum atomic E-state index is -0.793. The minimum absolute atomic E-state index is 0.0258. The van der Waals surface area contributed by atoms with Crippen LogP contribution in [0.25, 0.3) is 0 Å². The largest absolute Gasteiger partial charge is 0.481 e. The van der Waals surface area contributed by atoms with E-state index in [9.17, 15) is 19.5 Å². The van der Waals surface area contributed by atoms with E-state index in [0.29, 0.717) is 23.4 Å². The zero-order chi connectivity index (χ0) is 19.8. The van der Waals surface area contributed by atoms with Crippen LogP contribution in [0.15, 0.2) is 36.4 Å². The van der Waals surface area contributed by atoms with Gasteiger partial charge in [0.15, 0.2) is 5.78 Å². The van der Waals surface area contributed by atoms with Gasteiger partial charge in [0.1, 0.15) is 5.78 Å². The number of carbonyl (C=O) groups excluding carboxylic acids is 2. The van der Waals surface area contributed by atoms with Gasteiger partial charge in [-0.3, -0.25) is 14.4 Å². The highest BCUT2D eigenvalue weighted by Crippen LogP contribution is 2.34. The normalized spacial score (nSPS) is 22.4. The average Bonchev–Trinajstić information content (AvgIpc) is 2.88. The van der Waals surface area contributed by atoms with Crippen LogP contribution in [-0.4, -0.2) is 33.9 Å². The lowest BCUT2D eigenvalue weighted by molar-refractivity contribution is -0.137. The van der Waals surface area contributed by atoms with E-state index in [1.165, 1.54) is 6.08 Å². The molecule has 5 nitrogen and oxygen atoms in total. The van der Waals surface area contributed by atoms with Crippen molar-refractivity contribution < 1.29 is 24.6 Å². The van der Waals surface area contributed by atoms with Crippen molar-refractivity contribution in [2.24, 2.45) is 11.8 Å². The number of benzene rings is 1. The molecule has 1 saturated carbocycles. The Hall–Kier alpha value is -1.98. The van der Waals surface area contributed by atoms with Crippen LogP contribution in [0.1, 0.15) is 55.3 Å². The van der Waals surface area contributed by atoms with Crippen LogP contribution >= 0.6 is 11.6 Å². The van der Waals surface area contributed by atoms with E-state index >= 15 is 0 Å². The van der Waals surface area contributed by atoms with Gasteiger partial charge in [0.25, 0.3) is 0 Å². The number of hydrogen-bond acceptors (Lipinski definition) is 4. The molecule has 2 rings (SSSR count). The molecule has 146 valence electrons. The zero-order valence-corrected chi connectivity index (χ0v) is 15.9. The Kier molecular flexibility index (Phi) is 8.20. The number of ketones is 2. The van der Waals surface area contributed by atoms with Gasteiger partial charge in [-0.2, -0.15) is 0 Å². The maximum atomic E-state index is 12.3. The fraction of sp³-hybridized carbons (Fsp3) is 0.476. The summed E-state index contributed by atoms with van der Waals surface area (Å²) in [4.78, 5) is 35.0. The van der Waals surface area contributed by atoms with Gasteiger partial charge in [0.05, 0.1) is 6.10 Å². The number of carbonyl (C=O) groups is 3. The summed E-state index contributed by atoms with van der Waals surface area (Å²) in [6.45, 7) is 0. The molecule has 1 aromatic carbocycles. The molecule has 0 aliphatic heterocycles. The van der Waals surface area contributed by atoms with Gasteiger partial charge in [-0.1, -0.05) is 49.1 Å². The van der Waals surface area contributed by atoms with Crippen LogP contribution in [0.5, 0.6) is 0 Å². The van der Waals surface area contributed by atoms with Crippen molar-refractivity contribution >= 4 is 29.1 Å². The number of carboxylic acid groups (broad SMARTS) is 1. The van der Waals surface area contributed by atoms with Crippen molar-refractivity contribution in [2.45, 2.75) is 51.0 Å². The van der Waals surface area contributed by atoms with Crippen LogP contribution in [0.2, 0.25) is 5.02 Å². The maximum Gasteiger partial charge on any atom is 0.303 e. The molecular formula is C21H25ClO5. The van der Waals surface area contributed by atoms with E-state index < -0.39 is 12.1 Å². The van der Waals surface area contributed by atoms with Crippen LogP contribution in [0.3, 0.4) is 0 Å². The Balaban J connectivity index is 1.89. The topological polar surface area (TPSA) is 91.7 Å². The Labute approximate surface area is 164 Å². The van der Waals surface area contributed by atoms with Gasteiger partial charge in [0, 0.05) is 35.3 Å². The molecule has 0 heterocycles. The van der Waals surface area contributed by atoms with Crippen LogP contribution < -0.4 is 0 Å².